The Morgan fingerprint density at radius 3 is 2.51 bits per heavy atom. The molecule has 1 atom stereocenters. The van der Waals surface area contributed by atoms with E-state index in [1.807, 2.05) is 17.9 Å². The van der Waals surface area contributed by atoms with E-state index < -0.39 is 40.8 Å². The number of hydrogen-bond donors (Lipinski definition) is 2. The molecule has 0 spiro atoms. The van der Waals surface area contributed by atoms with Gasteiger partial charge in [-0.15, -0.1) is 0 Å². The molecule has 0 saturated carbocycles. The lowest BCUT2D eigenvalue weighted by Crippen LogP contribution is -2.45. The van der Waals surface area contributed by atoms with Gasteiger partial charge in [0.05, 0.1) is 0 Å². The molecule has 3 amide bonds. The van der Waals surface area contributed by atoms with Crippen molar-refractivity contribution in [3.05, 3.63) is 56.2 Å². The first-order chi connectivity index (χ1) is 16.4. The second-order valence-corrected chi connectivity index (χ2v) is 9.19. The molecule has 1 aliphatic heterocycles. The van der Waals surface area contributed by atoms with Gasteiger partial charge in [0.2, 0.25) is 5.75 Å². The number of nitrogens with one attached hydrogen (secondary N) is 1. The monoisotopic (exact) mass is 504 g/mol. The van der Waals surface area contributed by atoms with Gasteiger partial charge in [0.1, 0.15) is 11.9 Å². The van der Waals surface area contributed by atoms with Crippen LogP contribution in [0.1, 0.15) is 33.5 Å². The minimum Gasteiger partial charge on any atom is -0.501 e. The number of carbonyl (C=O) groups excluding carboxylic acids is 3. The molecule has 0 aliphatic carbocycles. The SMILES string of the molecule is Cc1ccc(CNC(=O)c2nc3n(c(=O)c2O)CCN(C)CC3N(C)C(=O)C(=O)N(C)C)cc1Cl. The van der Waals surface area contributed by atoms with Crippen molar-refractivity contribution >= 4 is 29.3 Å². The predicted molar refractivity (Wildman–Crippen MR) is 129 cm³/mol. The Kier molecular flexibility index (Phi) is 7.81. The molecule has 11 nitrogen and oxygen atoms in total. The number of likely N-dealkylation sites (N-methyl/N-ethyl adjacent to an activating group) is 3. The van der Waals surface area contributed by atoms with Crippen LogP contribution >= 0.6 is 11.6 Å². The number of hydrogen-bond acceptors (Lipinski definition) is 7. The molecule has 0 radical (unpaired) electrons. The molecule has 1 aromatic carbocycles. The standard InChI is InChI=1S/C23H29ClN6O5/c1-13-6-7-14(10-15(13)24)11-25-20(32)17-18(31)21(33)30-9-8-28(4)12-16(19(30)26-17)29(5)23(35)22(34)27(2)3/h6-7,10,16,31H,8-9,11-12H2,1-5H3,(H,25,32). The number of rotatable bonds is 4. The fraction of sp³-hybridized carbons (Fsp3) is 0.435. The van der Waals surface area contributed by atoms with Gasteiger partial charge in [-0.1, -0.05) is 23.7 Å². The molecule has 12 heteroatoms. The number of nitrogens with zero attached hydrogens (tertiary/aromatic N) is 5. The van der Waals surface area contributed by atoms with Crippen LogP contribution in [-0.4, -0.2) is 88.4 Å². The molecule has 3 rings (SSSR count). The molecule has 188 valence electrons. The molecule has 1 aromatic heterocycles. The van der Waals surface area contributed by atoms with Gasteiger partial charge in [0.25, 0.3) is 11.5 Å². The van der Waals surface area contributed by atoms with Gasteiger partial charge < -0.3 is 25.1 Å². The quantitative estimate of drug-likeness (QED) is 0.576. The summed E-state index contributed by atoms with van der Waals surface area (Å²) in [6.45, 7) is 2.85. The van der Waals surface area contributed by atoms with Gasteiger partial charge in [-0.25, -0.2) is 4.98 Å². The number of carbonyl (C=O) groups is 3. The van der Waals surface area contributed by atoms with E-state index in [9.17, 15) is 24.3 Å². The predicted octanol–water partition coefficient (Wildman–Crippen LogP) is 0.374. The topological polar surface area (TPSA) is 128 Å². The van der Waals surface area contributed by atoms with Gasteiger partial charge in [-0.2, -0.15) is 0 Å². The summed E-state index contributed by atoms with van der Waals surface area (Å²) in [4.78, 5) is 59.5. The van der Waals surface area contributed by atoms with Gasteiger partial charge >= 0.3 is 11.8 Å². The maximum atomic E-state index is 13.0. The summed E-state index contributed by atoms with van der Waals surface area (Å²) in [6.07, 6.45) is 0. The lowest BCUT2D eigenvalue weighted by atomic mass is 10.1. The molecular weight excluding hydrogens is 476 g/mol. The average Bonchev–Trinajstić information content (AvgIpc) is 2.99. The fourth-order valence-corrected chi connectivity index (χ4v) is 3.92. The Hall–Kier alpha value is -3.44. The van der Waals surface area contributed by atoms with E-state index in [-0.39, 0.29) is 25.5 Å². The summed E-state index contributed by atoms with van der Waals surface area (Å²) in [5.41, 5.74) is 0.376. The summed E-state index contributed by atoms with van der Waals surface area (Å²) in [6, 6.07) is 4.52. The number of aromatic nitrogens is 2. The Bertz CT molecular complexity index is 1230. The van der Waals surface area contributed by atoms with E-state index in [0.29, 0.717) is 11.6 Å². The number of aryl methyl sites for hydroxylation is 1. The minimum atomic E-state index is -0.811. The summed E-state index contributed by atoms with van der Waals surface area (Å²) >= 11 is 6.14. The highest BCUT2D eigenvalue weighted by Gasteiger charge is 2.35. The first-order valence-electron chi connectivity index (χ1n) is 11.0. The van der Waals surface area contributed by atoms with Crippen molar-refractivity contribution in [1.29, 1.82) is 0 Å². The number of benzene rings is 1. The number of halogens is 1. The molecule has 0 saturated heterocycles. The van der Waals surface area contributed by atoms with Crippen LogP contribution in [0.3, 0.4) is 0 Å². The van der Waals surface area contributed by atoms with E-state index in [2.05, 4.69) is 10.3 Å². The van der Waals surface area contributed by atoms with Crippen LogP contribution in [0, 0.1) is 6.92 Å². The van der Waals surface area contributed by atoms with E-state index >= 15 is 0 Å². The molecular formula is C23H29ClN6O5. The lowest BCUT2D eigenvalue weighted by molar-refractivity contribution is -0.151. The summed E-state index contributed by atoms with van der Waals surface area (Å²) < 4.78 is 1.24. The third kappa shape index (κ3) is 5.46. The molecule has 1 aliphatic rings. The van der Waals surface area contributed by atoms with Crippen molar-refractivity contribution in [2.24, 2.45) is 0 Å². The summed E-state index contributed by atoms with van der Waals surface area (Å²) in [5.74, 6) is -2.94. The van der Waals surface area contributed by atoms with Crippen LogP contribution in [-0.2, 0) is 22.7 Å². The third-order valence-electron chi connectivity index (χ3n) is 5.94. The van der Waals surface area contributed by atoms with Crippen molar-refractivity contribution in [3.63, 3.8) is 0 Å². The van der Waals surface area contributed by atoms with E-state index in [0.717, 1.165) is 16.0 Å². The molecule has 1 unspecified atom stereocenters. The highest BCUT2D eigenvalue weighted by molar-refractivity contribution is 6.34. The maximum absolute atomic E-state index is 13.0. The van der Waals surface area contributed by atoms with E-state index in [4.69, 9.17) is 11.6 Å². The van der Waals surface area contributed by atoms with Crippen LogP contribution in [0.5, 0.6) is 5.75 Å². The Morgan fingerprint density at radius 1 is 1.20 bits per heavy atom. The molecule has 2 heterocycles. The molecule has 35 heavy (non-hydrogen) atoms. The molecule has 2 aromatic rings. The number of fused-ring (bicyclic) bond motifs is 1. The zero-order valence-corrected chi connectivity index (χ0v) is 21.1. The van der Waals surface area contributed by atoms with Crippen LogP contribution in [0.4, 0.5) is 0 Å². The van der Waals surface area contributed by atoms with Crippen molar-refractivity contribution in [2.75, 3.05) is 41.3 Å². The van der Waals surface area contributed by atoms with Crippen molar-refractivity contribution in [2.45, 2.75) is 26.1 Å². The zero-order chi connectivity index (χ0) is 26.0. The lowest BCUT2D eigenvalue weighted by Gasteiger charge is -2.30. The average molecular weight is 505 g/mol. The smallest absolute Gasteiger partial charge is 0.312 e. The third-order valence-corrected chi connectivity index (χ3v) is 6.35. The largest absolute Gasteiger partial charge is 0.501 e. The number of aromatic hydroxyl groups is 1. The molecule has 2 N–H and O–H groups in total. The van der Waals surface area contributed by atoms with Gasteiger partial charge in [-0.05, 0) is 31.2 Å². The summed E-state index contributed by atoms with van der Waals surface area (Å²) in [7, 11) is 6.17. The second kappa shape index (κ2) is 10.4. The van der Waals surface area contributed by atoms with Crippen LogP contribution < -0.4 is 10.9 Å². The number of amides is 3. The van der Waals surface area contributed by atoms with Gasteiger partial charge in [0.15, 0.2) is 5.69 Å². The van der Waals surface area contributed by atoms with Gasteiger partial charge in [0, 0.05) is 52.3 Å². The highest BCUT2D eigenvalue weighted by atomic mass is 35.5. The first-order valence-corrected chi connectivity index (χ1v) is 11.3. The van der Waals surface area contributed by atoms with E-state index in [1.54, 1.807) is 19.2 Å². The Balaban J connectivity index is 1.98. The summed E-state index contributed by atoms with van der Waals surface area (Å²) in [5, 5.41) is 13.7. The minimum absolute atomic E-state index is 0.0975. The molecule has 0 bridgehead atoms. The Labute approximate surface area is 207 Å². The van der Waals surface area contributed by atoms with Crippen LogP contribution in [0.25, 0.3) is 0 Å². The van der Waals surface area contributed by atoms with E-state index in [1.165, 1.54) is 30.6 Å². The fourth-order valence-electron chi connectivity index (χ4n) is 3.72. The van der Waals surface area contributed by atoms with Crippen LogP contribution in [0.2, 0.25) is 5.02 Å². The molecule has 0 fully saturated rings. The highest BCUT2D eigenvalue weighted by Crippen LogP contribution is 2.24. The maximum Gasteiger partial charge on any atom is 0.312 e. The van der Waals surface area contributed by atoms with Crippen molar-refractivity contribution < 1.29 is 19.5 Å². The van der Waals surface area contributed by atoms with Gasteiger partial charge in [-0.3, -0.25) is 23.7 Å². The Morgan fingerprint density at radius 2 is 1.89 bits per heavy atom. The second-order valence-electron chi connectivity index (χ2n) is 8.78. The van der Waals surface area contributed by atoms with Crippen LogP contribution in [0.15, 0.2) is 23.0 Å². The zero-order valence-electron chi connectivity index (χ0n) is 20.3. The normalized spacial score (nSPS) is 15.7. The van der Waals surface area contributed by atoms with Crippen molar-refractivity contribution in [1.82, 2.24) is 29.6 Å². The first kappa shape index (κ1) is 26.2. The van der Waals surface area contributed by atoms with Crippen molar-refractivity contribution in [3.8, 4) is 5.75 Å².